The molecule has 112 valence electrons. The van der Waals surface area contributed by atoms with E-state index in [1.54, 1.807) is 7.11 Å². The zero-order chi connectivity index (χ0) is 14.5. The molecule has 0 aromatic heterocycles. The van der Waals surface area contributed by atoms with E-state index in [1.165, 1.54) is 36.8 Å². The summed E-state index contributed by atoms with van der Waals surface area (Å²) in [5, 5.41) is 3.72. The van der Waals surface area contributed by atoms with Gasteiger partial charge >= 0.3 is 0 Å². The Labute approximate surface area is 123 Å². The van der Waals surface area contributed by atoms with Crippen LogP contribution in [-0.2, 0) is 0 Å². The van der Waals surface area contributed by atoms with Crippen molar-refractivity contribution in [2.75, 3.05) is 13.7 Å². The van der Waals surface area contributed by atoms with Crippen LogP contribution in [0, 0.1) is 18.8 Å². The summed E-state index contributed by atoms with van der Waals surface area (Å²) < 4.78 is 5.33. The largest absolute Gasteiger partial charge is 0.497 e. The molecule has 2 nitrogen and oxygen atoms in total. The van der Waals surface area contributed by atoms with Crippen LogP contribution in [0.15, 0.2) is 18.2 Å². The first kappa shape index (κ1) is 15.4. The van der Waals surface area contributed by atoms with Gasteiger partial charge < -0.3 is 10.1 Å². The van der Waals surface area contributed by atoms with Crippen molar-refractivity contribution in [1.82, 2.24) is 5.32 Å². The molecule has 0 spiro atoms. The molecule has 0 aliphatic heterocycles. The van der Waals surface area contributed by atoms with Crippen LogP contribution in [0.5, 0.6) is 5.75 Å². The molecule has 1 N–H and O–H groups in total. The van der Waals surface area contributed by atoms with Gasteiger partial charge in [-0.25, -0.2) is 0 Å². The second kappa shape index (κ2) is 7.12. The van der Waals surface area contributed by atoms with E-state index >= 15 is 0 Å². The Kier molecular flexibility index (Phi) is 5.47. The van der Waals surface area contributed by atoms with Crippen LogP contribution in [0.4, 0.5) is 0 Å². The Balaban J connectivity index is 2.19. The van der Waals surface area contributed by atoms with Crippen molar-refractivity contribution in [2.45, 2.75) is 52.5 Å². The Morgan fingerprint density at radius 2 is 1.95 bits per heavy atom. The fraction of sp³-hybridized carbons (Fsp3) is 0.667. The quantitative estimate of drug-likeness (QED) is 0.855. The van der Waals surface area contributed by atoms with Gasteiger partial charge in [0.25, 0.3) is 0 Å². The summed E-state index contributed by atoms with van der Waals surface area (Å²) in [7, 11) is 1.73. The van der Waals surface area contributed by atoms with Gasteiger partial charge in [0.15, 0.2) is 0 Å². The van der Waals surface area contributed by atoms with Gasteiger partial charge in [0, 0.05) is 6.04 Å². The van der Waals surface area contributed by atoms with Crippen LogP contribution in [0.1, 0.15) is 56.7 Å². The minimum absolute atomic E-state index is 0.499. The summed E-state index contributed by atoms with van der Waals surface area (Å²) >= 11 is 0. The molecule has 2 heteroatoms. The van der Waals surface area contributed by atoms with Crippen LogP contribution in [-0.4, -0.2) is 13.7 Å². The van der Waals surface area contributed by atoms with E-state index in [0.29, 0.717) is 6.04 Å². The smallest absolute Gasteiger partial charge is 0.119 e. The fourth-order valence-electron chi connectivity index (χ4n) is 3.49. The van der Waals surface area contributed by atoms with Crippen LogP contribution in [0.25, 0.3) is 0 Å². The second-order valence-corrected chi connectivity index (χ2v) is 6.28. The van der Waals surface area contributed by atoms with E-state index in [2.05, 4.69) is 44.3 Å². The molecule has 1 aromatic rings. The van der Waals surface area contributed by atoms with Gasteiger partial charge in [-0.05, 0) is 61.4 Å². The Morgan fingerprint density at radius 3 is 2.50 bits per heavy atom. The van der Waals surface area contributed by atoms with Crippen molar-refractivity contribution in [1.29, 1.82) is 0 Å². The average Bonchev–Trinajstić information content (AvgIpc) is 2.46. The molecule has 2 rings (SSSR count). The Bertz CT molecular complexity index is 421. The van der Waals surface area contributed by atoms with Crippen molar-refractivity contribution in [3.63, 3.8) is 0 Å². The minimum Gasteiger partial charge on any atom is -0.497 e. The number of benzene rings is 1. The van der Waals surface area contributed by atoms with Crippen molar-refractivity contribution in [3.8, 4) is 5.75 Å². The molecule has 1 aliphatic carbocycles. The van der Waals surface area contributed by atoms with E-state index in [-0.39, 0.29) is 0 Å². The van der Waals surface area contributed by atoms with Crippen LogP contribution >= 0.6 is 0 Å². The summed E-state index contributed by atoms with van der Waals surface area (Å²) in [6.45, 7) is 7.82. The lowest BCUT2D eigenvalue weighted by molar-refractivity contribution is 0.232. The molecule has 1 unspecified atom stereocenters. The fourth-order valence-corrected chi connectivity index (χ4v) is 3.49. The molecule has 1 saturated carbocycles. The highest BCUT2D eigenvalue weighted by atomic mass is 16.5. The molecule has 1 fully saturated rings. The van der Waals surface area contributed by atoms with Crippen LogP contribution in [0.3, 0.4) is 0 Å². The summed E-state index contributed by atoms with van der Waals surface area (Å²) in [5.74, 6) is 2.64. The van der Waals surface area contributed by atoms with E-state index in [1.807, 2.05) is 0 Å². The maximum Gasteiger partial charge on any atom is 0.119 e. The van der Waals surface area contributed by atoms with Crippen molar-refractivity contribution in [3.05, 3.63) is 29.3 Å². The number of rotatable bonds is 5. The highest BCUT2D eigenvalue weighted by Gasteiger charge is 2.27. The number of ether oxygens (including phenoxy) is 1. The predicted molar refractivity (Wildman–Crippen MR) is 85.3 cm³/mol. The summed E-state index contributed by atoms with van der Waals surface area (Å²) in [5.41, 5.74) is 2.79. The topological polar surface area (TPSA) is 21.3 Å². The molecule has 0 heterocycles. The first-order valence-corrected chi connectivity index (χ1v) is 8.03. The molecular weight excluding hydrogens is 246 g/mol. The summed E-state index contributed by atoms with van der Waals surface area (Å²) in [4.78, 5) is 0. The third-order valence-electron chi connectivity index (χ3n) is 4.77. The monoisotopic (exact) mass is 275 g/mol. The van der Waals surface area contributed by atoms with Gasteiger partial charge in [-0.15, -0.1) is 0 Å². The van der Waals surface area contributed by atoms with Crippen LogP contribution < -0.4 is 10.1 Å². The number of nitrogens with one attached hydrogen (secondary N) is 1. The average molecular weight is 275 g/mol. The molecule has 0 radical (unpaired) electrons. The maximum absolute atomic E-state index is 5.33. The molecule has 0 saturated heterocycles. The van der Waals surface area contributed by atoms with Gasteiger partial charge in [-0.3, -0.25) is 0 Å². The van der Waals surface area contributed by atoms with Gasteiger partial charge in [0.05, 0.1) is 7.11 Å². The molecule has 1 atom stereocenters. The van der Waals surface area contributed by atoms with Crippen molar-refractivity contribution < 1.29 is 4.74 Å². The van der Waals surface area contributed by atoms with E-state index < -0.39 is 0 Å². The Hall–Kier alpha value is -1.02. The maximum atomic E-state index is 5.33. The third kappa shape index (κ3) is 3.54. The molecular formula is C18H29NO. The molecule has 1 aromatic carbocycles. The first-order chi connectivity index (χ1) is 9.65. The number of methoxy groups -OCH3 is 1. The van der Waals surface area contributed by atoms with Crippen molar-refractivity contribution >= 4 is 0 Å². The summed E-state index contributed by atoms with van der Waals surface area (Å²) in [6.07, 6.45) is 5.46. The van der Waals surface area contributed by atoms with Gasteiger partial charge in [-0.2, -0.15) is 0 Å². The molecule has 0 amide bonds. The Morgan fingerprint density at radius 1 is 1.25 bits per heavy atom. The minimum atomic E-state index is 0.499. The van der Waals surface area contributed by atoms with Gasteiger partial charge in [0.2, 0.25) is 0 Å². The third-order valence-corrected chi connectivity index (χ3v) is 4.77. The lowest BCUT2D eigenvalue weighted by atomic mass is 9.76. The second-order valence-electron chi connectivity index (χ2n) is 6.28. The SMILES string of the molecule is CCNC(c1ccc(OC)cc1C)C1CCC(C)CC1. The lowest BCUT2D eigenvalue weighted by Gasteiger charge is -2.34. The van der Waals surface area contributed by atoms with E-state index in [9.17, 15) is 0 Å². The zero-order valence-electron chi connectivity index (χ0n) is 13.4. The normalized spacial score (nSPS) is 24.4. The molecule has 0 bridgehead atoms. The van der Waals surface area contributed by atoms with Gasteiger partial charge in [-0.1, -0.05) is 32.8 Å². The zero-order valence-corrected chi connectivity index (χ0v) is 13.4. The molecule has 1 aliphatic rings. The van der Waals surface area contributed by atoms with E-state index in [4.69, 9.17) is 4.74 Å². The standard InChI is InChI=1S/C18H29NO/c1-5-19-18(15-8-6-13(2)7-9-15)17-11-10-16(20-4)12-14(17)3/h10-13,15,18-19H,5-9H2,1-4H3. The number of hydrogen-bond donors (Lipinski definition) is 1. The highest BCUT2D eigenvalue weighted by Crippen LogP contribution is 2.38. The summed E-state index contributed by atoms with van der Waals surface area (Å²) in [6, 6.07) is 7.00. The van der Waals surface area contributed by atoms with Crippen LogP contribution in [0.2, 0.25) is 0 Å². The molecule has 20 heavy (non-hydrogen) atoms. The first-order valence-electron chi connectivity index (χ1n) is 8.03. The lowest BCUT2D eigenvalue weighted by Crippen LogP contribution is -2.31. The van der Waals surface area contributed by atoms with Gasteiger partial charge in [0.1, 0.15) is 5.75 Å². The van der Waals surface area contributed by atoms with Crippen molar-refractivity contribution in [2.24, 2.45) is 11.8 Å². The highest BCUT2D eigenvalue weighted by molar-refractivity contribution is 5.37. The predicted octanol–water partition coefficient (Wildman–Crippen LogP) is 4.48. The van der Waals surface area contributed by atoms with E-state index in [0.717, 1.165) is 24.1 Å². The number of aryl methyl sites for hydroxylation is 1. The number of hydrogen-bond acceptors (Lipinski definition) is 2.